The number of nitrogens with zero attached hydrogens (tertiary/aromatic N) is 3. The molecule has 8 heteroatoms. The van der Waals surface area contributed by atoms with E-state index in [0.717, 1.165) is 32.5 Å². The maximum atomic E-state index is 13.1. The van der Waals surface area contributed by atoms with Gasteiger partial charge in [-0.05, 0) is 36.4 Å². The molecule has 0 atom stereocenters. The van der Waals surface area contributed by atoms with Crippen molar-refractivity contribution in [1.29, 1.82) is 0 Å². The number of hydrogen-bond donors (Lipinski definition) is 1. The Kier molecular flexibility index (Phi) is 4.86. The van der Waals surface area contributed by atoms with Crippen molar-refractivity contribution in [1.82, 2.24) is 14.4 Å². The minimum atomic E-state index is -0.284. The van der Waals surface area contributed by atoms with Crippen molar-refractivity contribution < 1.29 is 9.18 Å². The van der Waals surface area contributed by atoms with E-state index in [-0.39, 0.29) is 18.1 Å². The third-order valence-electron chi connectivity index (χ3n) is 4.54. The smallest absolute Gasteiger partial charge is 0.230 e. The molecule has 5 rings (SSSR count). The van der Waals surface area contributed by atoms with E-state index < -0.39 is 0 Å². The molecule has 148 valence electrons. The Labute approximate surface area is 179 Å². The van der Waals surface area contributed by atoms with E-state index in [1.54, 1.807) is 23.5 Å². The zero-order chi connectivity index (χ0) is 20.5. The van der Waals surface area contributed by atoms with Gasteiger partial charge in [0, 0.05) is 40.0 Å². The Morgan fingerprint density at radius 2 is 1.77 bits per heavy atom. The van der Waals surface area contributed by atoms with Gasteiger partial charge in [-0.2, -0.15) is 0 Å². The first kappa shape index (κ1) is 18.7. The lowest BCUT2D eigenvalue weighted by molar-refractivity contribution is -0.115. The zero-order valence-electron chi connectivity index (χ0n) is 15.6. The zero-order valence-corrected chi connectivity index (χ0v) is 17.2. The van der Waals surface area contributed by atoms with Crippen molar-refractivity contribution in [2.75, 3.05) is 5.32 Å². The summed E-state index contributed by atoms with van der Waals surface area (Å²) in [6.45, 7) is 0. The number of amides is 1. The van der Waals surface area contributed by atoms with Crippen LogP contribution in [0.25, 0.3) is 26.8 Å². The highest BCUT2D eigenvalue weighted by atomic mass is 32.1. The molecule has 0 unspecified atom stereocenters. The summed E-state index contributed by atoms with van der Waals surface area (Å²) in [5.41, 5.74) is 4.14. The van der Waals surface area contributed by atoms with Gasteiger partial charge in [-0.1, -0.05) is 12.1 Å². The first-order valence-electron chi connectivity index (χ1n) is 9.17. The van der Waals surface area contributed by atoms with E-state index in [1.165, 1.54) is 23.5 Å². The molecule has 1 amide bonds. The topological polar surface area (TPSA) is 59.3 Å². The fourth-order valence-electron chi connectivity index (χ4n) is 3.07. The molecule has 0 aliphatic rings. The Balaban J connectivity index is 1.23. The van der Waals surface area contributed by atoms with Gasteiger partial charge in [0.2, 0.25) is 5.91 Å². The van der Waals surface area contributed by atoms with E-state index in [9.17, 15) is 9.18 Å². The molecule has 3 aromatic heterocycles. The average molecular weight is 435 g/mol. The normalized spacial score (nSPS) is 11.1. The molecular formula is C22H15FN4OS2. The second-order valence-corrected chi connectivity index (χ2v) is 8.40. The summed E-state index contributed by atoms with van der Waals surface area (Å²) < 4.78 is 15.1. The van der Waals surface area contributed by atoms with Crippen LogP contribution < -0.4 is 5.32 Å². The summed E-state index contributed by atoms with van der Waals surface area (Å²) in [4.78, 5) is 22.4. The molecule has 5 aromatic rings. The average Bonchev–Trinajstić information content (AvgIpc) is 3.45. The van der Waals surface area contributed by atoms with E-state index in [4.69, 9.17) is 0 Å². The monoisotopic (exact) mass is 434 g/mol. The van der Waals surface area contributed by atoms with Crippen LogP contribution in [0.5, 0.6) is 0 Å². The van der Waals surface area contributed by atoms with Crippen LogP contribution in [0.3, 0.4) is 0 Å². The fourth-order valence-corrected chi connectivity index (χ4v) is 4.60. The Morgan fingerprint density at radius 1 is 1.00 bits per heavy atom. The summed E-state index contributed by atoms with van der Waals surface area (Å²) in [5, 5.41) is 7.51. The Hall–Kier alpha value is -3.36. The van der Waals surface area contributed by atoms with Crippen LogP contribution in [0, 0.1) is 5.82 Å². The first-order valence-corrected chi connectivity index (χ1v) is 10.9. The maximum Gasteiger partial charge on any atom is 0.230 e. The Morgan fingerprint density at radius 3 is 2.53 bits per heavy atom. The maximum absolute atomic E-state index is 13.1. The van der Waals surface area contributed by atoms with Crippen molar-refractivity contribution in [3.05, 3.63) is 83.2 Å². The Bertz CT molecular complexity index is 1290. The van der Waals surface area contributed by atoms with E-state index in [1.807, 2.05) is 51.8 Å². The first-order chi connectivity index (χ1) is 14.6. The number of benzene rings is 2. The van der Waals surface area contributed by atoms with Gasteiger partial charge in [0.15, 0.2) is 4.96 Å². The van der Waals surface area contributed by atoms with Gasteiger partial charge in [-0.15, -0.1) is 22.7 Å². The van der Waals surface area contributed by atoms with Crippen LogP contribution in [0.4, 0.5) is 10.1 Å². The lowest BCUT2D eigenvalue weighted by atomic mass is 10.1. The molecule has 5 nitrogen and oxygen atoms in total. The van der Waals surface area contributed by atoms with Gasteiger partial charge in [-0.25, -0.2) is 14.4 Å². The standard InChI is InChI=1S/C22H15FN4OS2/c23-16-5-1-15(2-6-16)21-25-18(13-30-21)11-20(28)24-17-7-3-14(4-8-17)19-12-27-9-10-29-22(27)26-19/h1-10,12-13H,11H2,(H,24,28). The van der Waals surface area contributed by atoms with Crippen molar-refractivity contribution in [2.24, 2.45) is 0 Å². The SMILES string of the molecule is O=C(Cc1csc(-c2ccc(F)cc2)n1)Nc1ccc(-c2cn3ccsc3n2)cc1. The van der Waals surface area contributed by atoms with Crippen LogP contribution in [0.15, 0.2) is 71.7 Å². The van der Waals surface area contributed by atoms with Crippen molar-refractivity contribution in [2.45, 2.75) is 6.42 Å². The van der Waals surface area contributed by atoms with Crippen LogP contribution in [0.1, 0.15) is 5.69 Å². The van der Waals surface area contributed by atoms with Gasteiger partial charge < -0.3 is 5.32 Å². The minimum absolute atomic E-state index is 0.138. The molecule has 0 bridgehead atoms. The minimum Gasteiger partial charge on any atom is -0.326 e. The summed E-state index contributed by atoms with van der Waals surface area (Å²) in [6.07, 6.45) is 4.14. The highest BCUT2D eigenvalue weighted by Gasteiger charge is 2.10. The van der Waals surface area contributed by atoms with Crippen molar-refractivity contribution in [3.63, 3.8) is 0 Å². The molecule has 0 saturated heterocycles. The van der Waals surface area contributed by atoms with Crippen LogP contribution in [-0.4, -0.2) is 20.3 Å². The second-order valence-electron chi connectivity index (χ2n) is 6.67. The number of halogens is 1. The second kappa shape index (κ2) is 7.81. The van der Waals surface area contributed by atoms with E-state index in [0.29, 0.717) is 5.69 Å². The number of imidazole rings is 1. The number of carbonyl (C=O) groups excluding carboxylic acids is 1. The third kappa shape index (κ3) is 3.87. The van der Waals surface area contributed by atoms with Crippen LogP contribution >= 0.6 is 22.7 Å². The number of aromatic nitrogens is 3. The fraction of sp³-hybridized carbons (Fsp3) is 0.0455. The largest absolute Gasteiger partial charge is 0.326 e. The molecule has 0 spiro atoms. The van der Waals surface area contributed by atoms with E-state index in [2.05, 4.69) is 15.3 Å². The number of nitrogens with one attached hydrogen (secondary N) is 1. The van der Waals surface area contributed by atoms with Crippen molar-refractivity contribution >= 4 is 39.2 Å². The quantitative estimate of drug-likeness (QED) is 0.397. The summed E-state index contributed by atoms with van der Waals surface area (Å²) in [5.74, 6) is -0.421. The van der Waals surface area contributed by atoms with Gasteiger partial charge in [0.1, 0.15) is 10.8 Å². The number of carbonyl (C=O) groups is 1. The third-order valence-corrected chi connectivity index (χ3v) is 6.25. The number of rotatable bonds is 5. The molecular weight excluding hydrogens is 419 g/mol. The number of anilines is 1. The van der Waals surface area contributed by atoms with Gasteiger partial charge in [-0.3, -0.25) is 9.20 Å². The molecule has 3 heterocycles. The highest BCUT2D eigenvalue weighted by molar-refractivity contribution is 7.15. The molecule has 0 aliphatic heterocycles. The molecule has 2 aromatic carbocycles. The molecule has 0 radical (unpaired) electrons. The predicted molar refractivity (Wildman–Crippen MR) is 118 cm³/mol. The van der Waals surface area contributed by atoms with Gasteiger partial charge in [0.05, 0.1) is 17.8 Å². The van der Waals surface area contributed by atoms with Crippen LogP contribution in [-0.2, 0) is 11.2 Å². The molecule has 0 fully saturated rings. The lowest BCUT2D eigenvalue weighted by Crippen LogP contribution is -2.14. The molecule has 1 N–H and O–H groups in total. The summed E-state index contributed by atoms with van der Waals surface area (Å²) in [6, 6.07) is 13.8. The summed E-state index contributed by atoms with van der Waals surface area (Å²) in [7, 11) is 0. The molecule has 30 heavy (non-hydrogen) atoms. The van der Waals surface area contributed by atoms with Crippen molar-refractivity contribution in [3.8, 4) is 21.8 Å². The van der Waals surface area contributed by atoms with E-state index >= 15 is 0 Å². The number of hydrogen-bond acceptors (Lipinski definition) is 5. The lowest BCUT2D eigenvalue weighted by Gasteiger charge is -2.05. The van der Waals surface area contributed by atoms with Crippen LogP contribution in [0.2, 0.25) is 0 Å². The molecule has 0 saturated carbocycles. The predicted octanol–water partition coefficient (Wildman–Crippen LogP) is 5.51. The van der Waals surface area contributed by atoms with Gasteiger partial charge >= 0.3 is 0 Å². The summed E-state index contributed by atoms with van der Waals surface area (Å²) >= 11 is 3.03. The molecule has 0 aliphatic carbocycles. The number of thiazole rings is 2. The van der Waals surface area contributed by atoms with Gasteiger partial charge in [0.25, 0.3) is 0 Å². The number of fused-ring (bicyclic) bond motifs is 1. The highest BCUT2D eigenvalue weighted by Crippen LogP contribution is 2.25.